The summed E-state index contributed by atoms with van der Waals surface area (Å²) in [5.41, 5.74) is 8.58. The Morgan fingerprint density at radius 1 is 0.553 bits per heavy atom. The van der Waals surface area contributed by atoms with Crippen LogP contribution in [0.4, 0.5) is 0 Å². The Labute approximate surface area is 229 Å². The first-order valence-electron chi connectivity index (χ1n) is 16.0. The summed E-state index contributed by atoms with van der Waals surface area (Å²) < 4.78 is 0. The first-order valence-corrected chi connectivity index (χ1v) is 16.0. The van der Waals surface area contributed by atoms with E-state index in [1.807, 2.05) is 0 Å². The monoisotopic (exact) mass is 522 g/mol. The van der Waals surface area contributed by atoms with Crippen LogP contribution in [0.1, 0.15) is 129 Å². The molecule has 2 N–H and O–H groups in total. The van der Waals surface area contributed by atoms with Crippen LogP contribution in [0.25, 0.3) is 0 Å². The molecule has 8 bridgehead atoms. The molecular formula is C32H50N4O2. The van der Waals surface area contributed by atoms with Crippen molar-refractivity contribution in [3.05, 3.63) is 0 Å². The van der Waals surface area contributed by atoms with Crippen LogP contribution in [0.5, 0.6) is 0 Å². The molecule has 8 fully saturated rings. The number of unbranched alkanes of at least 4 members (excludes halogenated alkanes) is 3. The highest BCUT2D eigenvalue weighted by Crippen LogP contribution is 2.61. The molecular weight excluding hydrogens is 472 g/mol. The maximum Gasteiger partial charge on any atom is 0.240 e. The molecule has 38 heavy (non-hydrogen) atoms. The molecule has 8 aliphatic rings. The van der Waals surface area contributed by atoms with Crippen molar-refractivity contribution in [1.29, 1.82) is 0 Å². The molecule has 0 aromatic rings. The van der Waals surface area contributed by atoms with Crippen LogP contribution >= 0.6 is 0 Å². The summed E-state index contributed by atoms with van der Waals surface area (Å²) in [5, 5.41) is 9.20. The van der Waals surface area contributed by atoms with E-state index in [-0.39, 0.29) is 22.6 Å². The van der Waals surface area contributed by atoms with Gasteiger partial charge in [-0.05, 0) is 139 Å². The molecule has 0 spiro atoms. The van der Waals surface area contributed by atoms with Crippen molar-refractivity contribution in [1.82, 2.24) is 10.9 Å². The van der Waals surface area contributed by atoms with Crippen molar-refractivity contribution in [2.24, 2.45) is 56.5 Å². The second-order valence-electron chi connectivity index (χ2n) is 14.8. The third-order valence-corrected chi connectivity index (χ3v) is 11.9. The van der Waals surface area contributed by atoms with E-state index in [0.29, 0.717) is 12.8 Å². The van der Waals surface area contributed by atoms with Crippen LogP contribution in [0.3, 0.4) is 0 Å². The zero-order valence-electron chi connectivity index (χ0n) is 23.9. The van der Waals surface area contributed by atoms with Gasteiger partial charge in [-0.25, -0.2) is 10.9 Å². The molecule has 0 aromatic carbocycles. The molecule has 0 aliphatic heterocycles. The van der Waals surface area contributed by atoms with E-state index in [4.69, 9.17) is 0 Å². The minimum Gasteiger partial charge on any atom is -0.273 e. The predicted molar refractivity (Wildman–Crippen MR) is 151 cm³/mol. The molecule has 8 rings (SSSR count). The standard InChI is InChI=1S/C32H50N4O2/c1-21(31-15-23-9-24(16-31)11-25(10-23)17-31)33-35-29(37)7-5-3-4-6-8-30(38)36-34-22(2)32-18-26-12-27(19-32)14-28(13-26)20-32/h23-28H,3-20H2,1-2H3,(H,35,37)(H,36,38). The van der Waals surface area contributed by atoms with Gasteiger partial charge in [-0.3, -0.25) is 9.59 Å². The van der Waals surface area contributed by atoms with Gasteiger partial charge in [0.05, 0.1) is 0 Å². The number of carbonyl (C=O) groups excluding carboxylic acids is 2. The van der Waals surface area contributed by atoms with Gasteiger partial charge in [-0.1, -0.05) is 12.8 Å². The van der Waals surface area contributed by atoms with Gasteiger partial charge in [0.25, 0.3) is 0 Å². The lowest BCUT2D eigenvalue weighted by molar-refractivity contribution is -0.122. The number of amides is 2. The van der Waals surface area contributed by atoms with Crippen molar-refractivity contribution in [2.45, 2.75) is 129 Å². The highest BCUT2D eigenvalue weighted by atomic mass is 16.2. The molecule has 0 atom stereocenters. The Hall–Kier alpha value is -1.72. The molecule has 8 saturated carbocycles. The fraction of sp³-hybridized carbons (Fsp3) is 0.875. The maximum absolute atomic E-state index is 12.4. The Morgan fingerprint density at radius 3 is 1.13 bits per heavy atom. The zero-order chi connectivity index (χ0) is 26.3. The Bertz CT molecular complexity index is 833. The summed E-state index contributed by atoms with van der Waals surface area (Å²) in [7, 11) is 0. The first kappa shape index (κ1) is 26.5. The molecule has 0 saturated heterocycles. The topological polar surface area (TPSA) is 82.9 Å². The van der Waals surface area contributed by atoms with E-state index >= 15 is 0 Å². The van der Waals surface area contributed by atoms with Gasteiger partial charge >= 0.3 is 0 Å². The van der Waals surface area contributed by atoms with E-state index in [9.17, 15) is 9.59 Å². The average molecular weight is 523 g/mol. The van der Waals surface area contributed by atoms with Crippen LogP contribution in [-0.2, 0) is 9.59 Å². The highest BCUT2D eigenvalue weighted by molar-refractivity contribution is 5.90. The Balaban J connectivity index is 0.852. The molecule has 0 aromatic heterocycles. The van der Waals surface area contributed by atoms with Gasteiger partial charge in [0.2, 0.25) is 11.8 Å². The van der Waals surface area contributed by atoms with Crippen LogP contribution < -0.4 is 10.9 Å². The van der Waals surface area contributed by atoms with Gasteiger partial charge < -0.3 is 0 Å². The fourth-order valence-electron chi connectivity index (χ4n) is 10.7. The minimum atomic E-state index is 0.0290. The lowest BCUT2D eigenvalue weighted by atomic mass is 9.48. The van der Waals surface area contributed by atoms with E-state index in [1.54, 1.807) is 0 Å². The van der Waals surface area contributed by atoms with Gasteiger partial charge in [-0.15, -0.1) is 0 Å². The van der Waals surface area contributed by atoms with Crippen molar-refractivity contribution >= 4 is 23.2 Å². The summed E-state index contributed by atoms with van der Waals surface area (Å²) in [6.07, 6.45) is 20.9. The van der Waals surface area contributed by atoms with Crippen molar-refractivity contribution in [3.63, 3.8) is 0 Å². The van der Waals surface area contributed by atoms with Crippen LogP contribution in [0.15, 0.2) is 10.2 Å². The maximum atomic E-state index is 12.4. The normalized spacial score (nSPS) is 41.0. The summed E-state index contributed by atoms with van der Waals surface area (Å²) in [5.74, 6) is 5.40. The lowest BCUT2D eigenvalue weighted by Gasteiger charge is -2.56. The Morgan fingerprint density at radius 2 is 0.842 bits per heavy atom. The van der Waals surface area contributed by atoms with Gasteiger partial charge in [0, 0.05) is 35.1 Å². The molecule has 2 amide bonds. The number of rotatable bonds is 11. The third-order valence-electron chi connectivity index (χ3n) is 11.9. The summed E-state index contributed by atoms with van der Waals surface area (Å²) >= 11 is 0. The van der Waals surface area contributed by atoms with Crippen LogP contribution in [-0.4, -0.2) is 23.2 Å². The average Bonchev–Trinajstić information content (AvgIpc) is 2.86. The lowest BCUT2D eigenvalue weighted by Crippen LogP contribution is -2.49. The second kappa shape index (κ2) is 10.7. The first-order chi connectivity index (χ1) is 18.3. The molecule has 6 heteroatoms. The van der Waals surface area contributed by atoms with Crippen LogP contribution in [0, 0.1) is 46.3 Å². The molecule has 0 radical (unpaired) electrons. The fourth-order valence-corrected chi connectivity index (χ4v) is 10.7. The molecule has 0 heterocycles. The van der Waals surface area contributed by atoms with Crippen LogP contribution in [0.2, 0.25) is 0 Å². The predicted octanol–water partition coefficient (Wildman–Crippen LogP) is 6.74. The van der Waals surface area contributed by atoms with E-state index in [1.165, 1.54) is 77.0 Å². The van der Waals surface area contributed by atoms with Crippen molar-refractivity contribution in [2.75, 3.05) is 0 Å². The number of carbonyl (C=O) groups is 2. The smallest absolute Gasteiger partial charge is 0.240 e. The van der Waals surface area contributed by atoms with E-state index < -0.39 is 0 Å². The van der Waals surface area contributed by atoms with Gasteiger partial charge in [0.15, 0.2) is 0 Å². The SMILES string of the molecule is CC(=NNC(=O)CCCCCCC(=O)NN=C(C)C12CC3CC(CC(C3)C1)C2)C12CC3CC(CC(C3)C1)C2. The highest BCUT2D eigenvalue weighted by Gasteiger charge is 2.53. The van der Waals surface area contributed by atoms with Gasteiger partial charge in [0.1, 0.15) is 0 Å². The number of hydrogen-bond donors (Lipinski definition) is 2. The number of hydrogen-bond acceptors (Lipinski definition) is 4. The number of hydrazone groups is 2. The second-order valence-corrected chi connectivity index (χ2v) is 14.8. The zero-order valence-corrected chi connectivity index (χ0v) is 23.9. The minimum absolute atomic E-state index is 0.0290. The number of nitrogens with zero attached hydrogens (tertiary/aromatic N) is 2. The number of nitrogens with one attached hydrogen (secondary N) is 2. The summed E-state index contributed by atoms with van der Waals surface area (Å²) in [6, 6.07) is 0. The Kier molecular flexibility index (Phi) is 7.45. The summed E-state index contributed by atoms with van der Waals surface area (Å²) in [6.45, 7) is 4.29. The van der Waals surface area contributed by atoms with Crippen molar-refractivity contribution in [3.8, 4) is 0 Å². The molecule has 210 valence electrons. The summed E-state index contributed by atoms with van der Waals surface area (Å²) in [4.78, 5) is 24.8. The van der Waals surface area contributed by atoms with Crippen molar-refractivity contribution < 1.29 is 9.59 Å². The van der Waals surface area contributed by atoms with E-state index in [2.05, 4.69) is 34.9 Å². The third kappa shape index (κ3) is 5.47. The van der Waals surface area contributed by atoms with E-state index in [0.717, 1.165) is 72.6 Å². The quantitative estimate of drug-likeness (QED) is 0.179. The molecule has 8 aliphatic carbocycles. The largest absolute Gasteiger partial charge is 0.273 e. The molecule has 0 unspecified atom stereocenters. The van der Waals surface area contributed by atoms with Gasteiger partial charge in [-0.2, -0.15) is 10.2 Å². The molecule has 6 nitrogen and oxygen atoms in total.